The zero-order valence-electron chi connectivity index (χ0n) is 15.1. The number of nitrogens with one attached hydrogen (secondary N) is 1. The van der Waals surface area contributed by atoms with E-state index in [1.807, 2.05) is 41.0 Å². The van der Waals surface area contributed by atoms with Gasteiger partial charge in [-0.3, -0.25) is 10.00 Å². The number of aryl methyl sites for hydroxylation is 1. The smallest absolute Gasteiger partial charge is 0.130 e. The van der Waals surface area contributed by atoms with Crippen LogP contribution in [0.3, 0.4) is 0 Å². The number of benzene rings is 1. The number of aromatic nitrogens is 4. The first-order valence-corrected chi connectivity index (χ1v) is 8.34. The first-order chi connectivity index (χ1) is 11.8. The van der Waals surface area contributed by atoms with Crippen LogP contribution in [-0.4, -0.2) is 19.3 Å². The van der Waals surface area contributed by atoms with E-state index in [1.165, 1.54) is 6.07 Å². The highest BCUT2D eigenvalue weighted by Crippen LogP contribution is 2.22. The van der Waals surface area contributed by atoms with Gasteiger partial charge in [0.25, 0.3) is 0 Å². The predicted octanol–water partition coefficient (Wildman–Crippen LogP) is 3.39. The van der Waals surface area contributed by atoms with Crippen LogP contribution < -0.4 is 5.32 Å². The summed E-state index contributed by atoms with van der Waals surface area (Å²) in [6, 6.07) is 6.43. The van der Waals surface area contributed by atoms with E-state index < -0.39 is 0 Å². The Morgan fingerprint density at radius 2 is 2.08 bits per heavy atom. The molecule has 1 atom stereocenters. The molecule has 0 unspecified atom stereocenters. The van der Waals surface area contributed by atoms with Crippen molar-refractivity contribution >= 4 is 0 Å². The van der Waals surface area contributed by atoms with Crippen molar-refractivity contribution < 1.29 is 4.39 Å². The minimum absolute atomic E-state index is 0.0557. The Kier molecular flexibility index (Phi) is 4.72. The molecule has 0 saturated carbocycles. The van der Waals surface area contributed by atoms with Crippen molar-refractivity contribution in [2.24, 2.45) is 7.05 Å². The molecule has 2 aromatic heterocycles. The summed E-state index contributed by atoms with van der Waals surface area (Å²) < 4.78 is 17.6. The minimum atomic E-state index is -0.251. The molecule has 0 aliphatic carbocycles. The standard InChI is InChI=1S/C19H24FN5/c1-19(2,3)25-13-14(12-23-25)11-22-17(18-21-8-9-24(18)4)15-6-5-7-16(20)10-15/h5-10,12-13,17,22H,11H2,1-4H3/t17-/m0/s1. The van der Waals surface area contributed by atoms with Gasteiger partial charge in [0.15, 0.2) is 0 Å². The molecule has 0 spiro atoms. The van der Waals surface area contributed by atoms with Gasteiger partial charge in [-0.2, -0.15) is 5.10 Å². The van der Waals surface area contributed by atoms with Crippen LogP contribution in [0.4, 0.5) is 4.39 Å². The van der Waals surface area contributed by atoms with Crippen LogP contribution in [0.15, 0.2) is 49.1 Å². The normalized spacial score (nSPS) is 13.2. The molecule has 1 aromatic carbocycles. The summed E-state index contributed by atoms with van der Waals surface area (Å²) in [6.45, 7) is 6.95. The fourth-order valence-electron chi connectivity index (χ4n) is 2.74. The molecule has 0 fully saturated rings. The number of imidazole rings is 1. The maximum absolute atomic E-state index is 13.7. The highest BCUT2D eigenvalue weighted by Gasteiger charge is 2.19. The lowest BCUT2D eigenvalue weighted by molar-refractivity contribution is 0.355. The highest BCUT2D eigenvalue weighted by molar-refractivity contribution is 5.26. The van der Waals surface area contributed by atoms with E-state index in [1.54, 1.807) is 18.3 Å². The molecule has 2 heterocycles. The molecule has 0 aliphatic rings. The van der Waals surface area contributed by atoms with Gasteiger partial charge >= 0.3 is 0 Å². The second-order valence-corrected chi connectivity index (χ2v) is 7.23. The summed E-state index contributed by atoms with van der Waals surface area (Å²) in [7, 11) is 1.94. The first-order valence-electron chi connectivity index (χ1n) is 8.34. The summed E-state index contributed by atoms with van der Waals surface area (Å²) in [4.78, 5) is 4.44. The van der Waals surface area contributed by atoms with E-state index in [0.717, 1.165) is 17.0 Å². The van der Waals surface area contributed by atoms with Gasteiger partial charge in [-0.05, 0) is 38.5 Å². The monoisotopic (exact) mass is 341 g/mol. The van der Waals surface area contributed by atoms with Gasteiger partial charge in [0.2, 0.25) is 0 Å². The molecule has 0 saturated heterocycles. The summed E-state index contributed by atoms with van der Waals surface area (Å²) in [5, 5.41) is 7.91. The number of rotatable bonds is 5. The average Bonchev–Trinajstić information content (AvgIpc) is 3.17. The number of nitrogens with zero attached hydrogens (tertiary/aromatic N) is 4. The van der Waals surface area contributed by atoms with Crippen LogP contribution >= 0.6 is 0 Å². The van der Waals surface area contributed by atoms with Crippen molar-refractivity contribution in [3.05, 3.63) is 71.8 Å². The molecule has 5 nitrogen and oxygen atoms in total. The van der Waals surface area contributed by atoms with E-state index in [-0.39, 0.29) is 17.4 Å². The van der Waals surface area contributed by atoms with Gasteiger partial charge in [-0.15, -0.1) is 0 Å². The third-order valence-electron chi connectivity index (χ3n) is 4.13. The van der Waals surface area contributed by atoms with Gasteiger partial charge in [0, 0.05) is 37.7 Å². The second kappa shape index (κ2) is 6.80. The Hall–Kier alpha value is -2.47. The molecule has 3 aromatic rings. The van der Waals surface area contributed by atoms with Crippen LogP contribution in [0, 0.1) is 5.82 Å². The maximum atomic E-state index is 13.7. The summed E-state index contributed by atoms with van der Waals surface area (Å²) in [6.07, 6.45) is 7.54. The molecule has 3 rings (SSSR count). The van der Waals surface area contributed by atoms with Gasteiger partial charge in [-0.1, -0.05) is 12.1 Å². The van der Waals surface area contributed by atoms with Crippen LogP contribution in [0.5, 0.6) is 0 Å². The van der Waals surface area contributed by atoms with Gasteiger partial charge in [0.1, 0.15) is 11.6 Å². The molecule has 0 radical (unpaired) electrons. The van der Waals surface area contributed by atoms with Crippen LogP contribution in [0.2, 0.25) is 0 Å². The lowest BCUT2D eigenvalue weighted by atomic mass is 10.1. The van der Waals surface area contributed by atoms with Crippen LogP contribution in [0.25, 0.3) is 0 Å². The number of hydrogen-bond acceptors (Lipinski definition) is 3. The van der Waals surface area contributed by atoms with E-state index in [2.05, 4.69) is 36.2 Å². The molecule has 0 bridgehead atoms. The predicted molar refractivity (Wildman–Crippen MR) is 95.5 cm³/mol. The summed E-state index contributed by atoms with van der Waals surface area (Å²) >= 11 is 0. The van der Waals surface area contributed by atoms with E-state index in [9.17, 15) is 4.39 Å². The van der Waals surface area contributed by atoms with Crippen molar-refractivity contribution in [2.75, 3.05) is 0 Å². The molecule has 0 amide bonds. The Labute approximate surface area is 147 Å². The molecule has 1 N–H and O–H groups in total. The number of halogens is 1. The van der Waals surface area contributed by atoms with E-state index in [4.69, 9.17) is 0 Å². The Morgan fingerprint density at radius 1 is 1.28 bits per heavy atom. The topological polar surface area (TPSA) is 47.7 Å². The van der Waals surface area contributed by atoms with Crippen molar-refractivity contribution in [2.45, 2.75) is 38.9 Å². The quantitative estimate of drug-likeness (QED) is 0.774. The Balaban J connectivity index is 1.84. The molecule has 6 heteroatoms. The summed E-state index contributed by atoms with van der Waals surface area (Å²) in [5.41, 5.74) is 1.86. The third-order valence-corrected chi connectivity index (χ3v) is 4.13. The Morgan fingerprint density at radius 3 is 2.68 bits per heavy atom. The zero-order valence-corrected chi connectivity index (χ0v) is 15.1. The Bertz CT molecular complexity index is 843. The fraction of sp³-hybridized carbons (Fsp3) is 0.368. The fourth-order valence-corrected chi connectivity index (χ4v) is 2.74. The van der Waals surface area contributed by atoms with Crippen LogP contribution in [0.1, 0.15) is 43.8 Å². The molecule has 132 valence electrons. The molecule has 0 aliphatic heterocycles. The minimum Gasteiger partial charge on any atom is -0.336 e. The third kappa shape index (κ3) is 3.96. The van der Waals surface area contributed by atoms with Crippen molar-refractivity contribution in [1.29, 1.82) is 0 Å². The highest BCUT2D eigenvalue weighted by atomic mass is 19.1. The SMILES string of the molecule is Cn1ccnc1[C@@H](NCc1cnn(C(C)(C)C)c1)c1cccc(F)c1. The van der Waals surface area contributed by atoms with Crippen molar-refractivity contribution in [1.82, 2.24) is 24.6 Å². The maximum Gasteiger partial charge on any atom is 0.130 e. The van der Waals surface area contributed by atoms with E-state index in [0.29, 0.717) is 6.54 Å². The second-order valence-electron chi connectivity index (χ2n) is 7.23. The lowest BCUT2D eigenvalue weighted by Gasteiger charge is -2.20. The van der Waals surface area contributed by atoms with Crippen molar-refractivity contribution in [3.8, 4) is 0 Å². The van der Waals surface area contributed by atoms with Crippen molar-refractivity contribution in [3.63, 3.8) is 0 Å². The van der Waals surface area contributed by atoms with Gasteiger partial charge in [-0.25, -0.2) is 9.37 Å². The molecule has 25 heavy (non-hydrogen) atoms. The van der Waals surface area contributed by atoms with E-state index >= 15 is 0 Å². The van der Waals surface area contributed by atoms with Gasteiger partial charge in [0.05, 0.1) is 17.8 Å². The largest absolute Gasteiger partial charge is 0.336 e. The molecular weight excluding hydrogens is 317 g/mol. The molecular formula is C19H24FN5. The number of hydrogen-bond donors (Lipinski definition) is 1. The lowest BCUT2D eigenvalue weighted by Crippen LogP contribution is -2.25. The zero-order chi connectivity index (χ0) is 18.0. The summed E-state index contributed by atoms with van der Waals surface area (Å²) in [5.74, 6) is 0.591. The van der Waals surface area contributed by atoms with Crippen LogP contribution in [-0.2, 0) is 19.1 Å². The average molecular weight is 341 g/mol. The first kappa shape index (κ1) is 17.4. The van der Waals surface area contributed by atoms with Gasteiger partial charge < -0.3 is 4.57 Å².